The van der Waals surface area contributed by atoms with Crippen LogP contribution in [0.25, 0.3) is 0 Å². The van der Waals surface area contributed by atoms with E-state index in [1.807, 2.05) is 0 Å². The number of hydrogen-bond donors (Lipinski definition) is 2. The quantitative estimate of drug-likeness (QED) is 0.669. The first-order chi connectivity index (χ1) is 8.99. The third kappa shape index (κ3) is 2.90. The Labute approximate surface area is 109 Å². The number of amides is 2. The fourth-order valence-electron chi connectivity index (χ4n) is 2.02. The summed E-state index contributed by atoms with van der Waals surface area (Å²) in [5, 5.41) is 16.6. The number of ether oxygens (including phenoxy) is 1. The van der Waals surface area contributed by atoms with Crippen molar-refractivity contribution < 1.29 is 24.2 Å². The predicted molar refractivity (Wildman–Crippen MR) is 63.3 cm³/mol. The maximum atomic E-state index is 11.9. The summed E-state index contributed by atoms with van der Waals surface area (Å²) in [6, 6.07) is -0.560. The second-order valence-corrected chi connectivity index (χ2v) is 4.53. The van der Waals surface area contributed by atoms with E-state index >= 15 is 0 Å². The largest absolute Gasteiger partial charge is 0.481 e. The molecule has 2 aliphatic rings. The molecule has 2 atom stereocenters. The Morgan fingerprint density at radius 3 is 2.79 bits per heavy atom. The maximum Gasteiger partial charge on any atom is 0.311 e. The first-order valence-corrected chi connectivity index (χ1v) is 5.94. The number of aliphatic carboxylic acids is 1. The molecule has 0 aromatic carbocycles. The molecule has 0 aliphatic carbocycles. The molecule has 8 heteroatoms. The topological polar surface area (TPSA) is 108 Å². The summed E-state index contributed by atoms with van der Waals surface area (Å²) in [4.78, 5) is 34.1. The monoisotopic (exact) mass is 269 g/mol. The van der Waals surface area contributed by atoms with Crippen molar-refractivity contribution in [2.24, 2.45) is 11.0 Å². The van der Waals surface area contributed by atoms with Gasteiger partial charge < -0.3 is 15.2 Å². The van der Waals surface area contributed by atoms with E-state index in [0.717, 1.165) is 5.01 Å². The molecule has 19 heavy (non-hydrogen) atoms. The Morgan fingerprint density at radius 1 is 1.42 bits per heavy atom. The molecule has 1 fully saturated rings. The Hall–Kier alpha value is -1.96. The smallest absolute Gasteiger partial charge is 0.311 e. The van der Waals surface area contributed by atoms with Crippen molar-refractivity contribution in [2.45, 2.75) is 18.9 Å². The minimum atomic E-state index is -0.999. The standard InChI is InChI=1S/C11H15N3O5/c1-14-9(15)3-2-7(13-14)10(16)12-8-5-19-4-6(8)11(17)18/h6,8H,2-5H2,1H3,(H,12,16)(H,17,18). The first-order valence-electron chi connectivity index (χ1n) is 5.94. The van der Waals surface area contributed by atoms with Gasteiger partial charge in [-0.25, -0.2) is 5.01 Å². The van der Waals surface area contributed by atoms with Crippen LogP contribution in [0.4, 0.5) is 0 Å². The summed E-state index contributed by atoms with van der Waals surface area (Å²) in [6.45, 7) is 0.260. The van der Waals surface area contributed by atoms with Crippen LogP contribution in [-0.4, -0.2) is 59.9 Å². The van der Waals surface area contributed by atoms with Crippen LogP contribution in [-0.2, 0) is 19.1 Å². The van der Waals surface area contributed by atoms with Gasteiger partial charge in [0.15, 0.2) is 0 Å². The number of rotatable bonds is 3. The van der Waals surface area contributed by atoms with E-state index in [1.165, 1.54) is 7.05 Å². The van der Waals surface area contributed by atoms with Crippen LogP contribution in [0.3, 0.4) is 0 Å². The molecular formula is C11H15N3O5. The highest BCUT2D eigenvalue weighted by atomic mass is 16.5. The summed E-state index contributed by atoms with van der Waals surface area (Å²) in [7, 11) is 1.48. The number of nitrogens with zero attached hydrogens (tertiary/aromatic N) is 2. The second-order valence-electron chi connectivity index (χ2n) is 4.53. The third-order valence-electron chi connectivity index (χ3n) is 3.18. The van der Waals surface area contributed by atoms with E-state index in [4.69, 9.17) is 9.84 Å². The Bertz CT molecular complexity index is 448. The Kier molecular flexibility index (Phi) is 3.79. The van der Waals surface area contributed by atoms with E-state index in [0.29, 0.717) is 0 Å². The molecule has 0 spiro atoms. The molecule has 2 unspecified atom stereocenters. The molecule has 1 saturated heterocycles. The molecule has 0 aromatic rings. The normalized spacial score (nSPS) is 27.1. The van der Waals surface area contributed by atoms with Gasteiger partial charge in [-0.15, -0.1) is 0 Å². The van der Waals surface area contributed by atoms with Crippen molar-refractivity contribution in [2.75, 3.05) is 20.3 Å². The van der Waals surface area contributed by atoms with Crippen molar-refractivity contribution in [3.05, 3.63) is 0 Å². The van der Waals surface area contributed by atoms with E-state index in [1.54, 1.807) is 0 Å². The van der Waals surface area contributed by atoms with Crippen LogP contribution in [0, 0.1) is 5.92 Å². The van der Waals surface area contributed by atoms with Gasteiger partial charge in [-0.05, 0) is 0 Å². The van der Waals surface area contributed by atoms with Crippen molar-refractivity contribution in [1.82, 2.24) is 10.3 Å². The molecule has 8 nitrogen and oxygen atoms in total. The number of hydrazone groups is 1. The number of carbonyl (C=O) groups excluding carboxylic acids is 2. The Morgan fingerprint density at radius 2 is 2.16 bits per heavy atom. The highest BCUT2D eigenvalue weighted by Crippen LogP contribution is 2.14. The van der Waals surface area contributed by atoms with Gasteiger partial charge in [-0.2, -0.15) is 5.10 Å². The summed E-state index contributed by atoms with van der Waals surface area (Å²) in [6.07, 6.45) is 0.493. The summed E-state index contributed by atoms with van der Waals surface area (Å²) >= 11 is 0. The number of carbonyl (C=O) groups is 3. The molecule has 2 amide bonds. The van der Waals surface area contributed by atoms with Gasteiger partial charge in [0.1, 0.15) is 11.6 Å². The molecular weight excluding hydrogens is 254 g/mol. The van der Waals surface area contributed by atoms with Crippen LogP contribution in [0.1, 0.15) is 12.8 Å². The molecule has 2 rings (SSSR count). The molecule has 104 valence electrons. The molecule has 2 aliphatic heterocycles. The second kappa shape index (κ2) is 5.35. The minimum absolute atomic E-state index is 0.0884. The van der Waals surface area contributed by atoms with Crippen molar-refractivity contribution in [1.29, 1.82) is 0 Å². The van der Waals surface area contributed by atoms with Gasteiger partial charge in [-0.3, -0.25) is 14.4 Å². The zero-order chi connectivity index (χ0) is 14.0. The van der Waals surface area contributed by atoms with Crippen LogP contribution < -0.4 is 5.32 Å². The molecule has 2 N–H and O–H groups in total. The van der Waals surface area contributed by atoms with Crippen molar-refractivity contribution >= 4 is 23.5 Å². The van der Waals surface area contributed by atoms with Crippen LogP contribution in [0.15, 0.2) is 5.10 Å². The molecule has 0 saturated carbocycles. The van der Waals surface area contributed by atoms with Gasteiger partial charge in [0.05, 0.1) is 19.3 Å². The average molecular weight is 269 g/mol. The zero-order valence-electron chi connectivity index (χ0n) is 10.5. The fourth-order valence-corrected chi connectivity index (χ4v) is 2.02. The van der Waals surface area contributed by atoms with Gasteiger partial charge in [0.25, 0.3) is 5.91 Å². The third-order valence-corrected chi connectivity index (χ3v) is 3.18. The van der Waals surface area contributed by atoms with E-state index in [2.05, 4.69) is 10.4 Å². The van der Waals surface area contributed by atoms with Crippen LogP contribution in [0.5, 0.6) is 0 Å². The predicted octanol–water partition coefficient (Wildman–Crippen LogP) is -1.19. The van der Waals surface area contributed by atoms with Crippen LogP contribution >= 0.6 is 0 Å². The van der Waals surface area contributed by atoms with Gasteiger partial charge >= 0.3 is 5.97 Å². The zero-order valence-corrected chi connectivity index (χ0v) is 10.5. The summed E-state index contributed by atoms with van der Waals surface area (Å²) < 4.78 is 5.06. The van der Waals surface area contributed by atoms with Gasteiger partial charge in [-0.1, -0.05) is 0 Å². The van der Waals surface area contributed by atoms with Gasteiger partial charge in [0.2, 0.25) is 5.91 Å². The minimum Gasteiger partial charge on any atom is -0.481 e. The van der Waals surface area contributed by atoms with Gasteiger partial charge in [0, 0.05) is 19.9 Å². The van der Waals surface area contributed by atoms with E-state index < -0.39 is 23.8 Å². The van der Waals surface area contributed by atoms with Crippen molar-refractivity contribution in [3.63, 3.8) is 0 Å². The lowest BCUT2D eigenvalue weighted by Gasteiger charge is -2.21. The summed E-state index contributed by atoms with van der Waals surface area (Å²) in [5.74, 6) is -2.33. The molecule has 0 aromatic heterocycles. The fraction of sp³-hybridized carbons (Fsp3) is 0.636. The average Bonchev–Trinajstić information content (AvgIpc) is 2.80. The van der Waals surface area contributed by atoms with E-state index in [9.17, 15) is 14.4 Å². The summed E-state index contributed by atoms with van der Waals surface area (Å²) in [5.41, 5.74) is 0.234. The number of carboxylic acids is 1. The Balaban J connectivity index is 2.00. The van der Waals surface area contributed by atoms with E-state index in [-0.39, 0.29) is 37.7 Å². The lowest BCUT2D eigenvalue weighted by Crippen LogP contribution is -2.46. The highest BCUT2D eigenvalue weighted by molar-refractivity contribution is 6.39. The van der Waals surface area contributed by atoms with Crippen molar-refractivity contribution in [3.8, 4) is 0 Å². The number of hydrogen-bond acceptors (Lipinski definition) is 5. The molecule has 2 heterocycles. The lowest BCUT2D eigenvalue weighted by molar-refractivity contribution is -0.142. The maximum absolute atomic E-state index is 11.9. The van der Waals surface area contributed by atoms with Crippen LogP contribution in [0.2, 0.25) is 0 Å². The lowest BCUT2D eigenvalue weighted by atomic mass is 10.0. The molecule has 0 bridgehead atoms. The number of carboxylic acid groups (broad SMARTS) is 1. The SMILES string of the molecule is CN1N=C(C(=O)NC2COCC2C(=O)O)CCC1=O. The highest BCUT2D eigenvalue weighted by Gasteiger charge is 2.36. The molecule has 0 radical (unpaired) electrons. The number of nitrogens with one attached hydrogen (secondary N) is 1. The first kappa shape index (κ1) is 13.5.